The normalized spacial score (nSPS) is 18.0. The molecule has 2 aliphatic heterocycles. The number of carbonyl (C=O) groups is 1. The Bertz CT molecular complexity index is 1390. The molecule has 1 amide bonds. The fraction of sp³-hybridized carbons (Fsp3) is 0.606. The minimum atomic E-state index is -4.15. The molecule has 0 spiro atoms. The number of amides is 1. The van der Waals surface area contributed by atoms with Gasteiger partial charge in [-0.2, -0.15) is 4.31 Å². The predicted octanol–water partition coefficient (Wildman–Crippen LogP) is 4.51. The van der Waals surface area contributed by atoms with Crippen molar-refractivity contribution in [3.8, 4) is 11.5 Å². The van der Waals surface area contributed by atoms with Gasteiger partial charge in [-0.05, 0) is 63.6 Å². The van der Waals surface area contributed by atoms with Gasteiger partial charge in [0.2, 0.25) is 10.0 Å². The number of aliphatic hydroxyl groups is 1. The Balaban J connectivity index is 1.62. The standard InChI is InChI=1S/C33H48N2O9S/c1-31(2,3)44-30(37)34-26(20-24-10-8-7-9-11-24)27(36)22-35(23-32(4,5)14-15-33(6)42-18-19-43-33)45(38,39)25-12-13-28-29(21-25)41-17-16-40-28/h7-13,21,26-27,36H,14-20,22-23H2,1-6H3,(H,34,37)/t26-,27+/m0/s1. The van der Waals surface area contributed by atoms with Gasteiger partial charge in [0.05, 0.1) is 30.3 Å². The highest BCUT2D eigenvalue weighted by Crippen LogP contribution is 2.36. The maximum absolute atomic E-state index is 14.3. The number of hydrogen-bond acceptors (Lipinski definition) is 9. The summed E-state index contributed by atoms with van der Waals surface area (Å²) in [6, 6.07) is 13.1. The number of aliphatic hydroxyl groups excluding tert-OH is 1. The molecule has 45 heavy (non-hydrogen) atoms. The molecule has 1 saturated heterocycles. The molecule has 0 aliphatic carbocycles. The van der Waals surface area contributed by atoms with Gasteiger partial charge in [-0.25, -0.2) is 13.2 Å². The van der Waals surface area contributed by atoms with Crippen LogP contribution in [0.2, 0.25) is 0 Å². The van der Waals surface area contributed by atoms with Crippen molar-refractivity contribution < 1.29 is 42.0 Å². The minimum absolute atomic E-state index is 0.0175. The molecule has 250 valence electrons. The van der Waals surface area contributed by atoms with Gasteiger partial charge in [-0.3, -0.25) is 0 Å². The summed E-state index contributed by atoms with van der Waals surface area (Å²) in [5.74, 6) is 0.0922. The van der Waals surface area contributed by atoms with Gasteiger partial charge >= 0.3 is 6.09 Å². The lowest BCUT2D eigenvalue weighted by atomic mass is 9.86. The van der Waals surface area contributed by atoms with Crippen molar-refractivity contribution in [2.45, 2.75) is 89.2 Å². The van der Waals surface area contributed by atoms with E-state index in [4.69, 9.17) is 23.7 Å². The first-order chi connectivity index (χ1) is 21.1. The van der Waals surface area contributed by atoms with Crippen LogP contribution in [0.3, 0.4) is 0 Å². The number of nitrogens with zero attached hydrogens (tertiary/aromatic N) is 1. The van der Waals surface area contributed by atoms with Crippen LogP contribution in [-0.2, 0) is 30.7 Å². The fourth-order valence-corrected chi connectivity index (χ4v) is 7.01. The molecule has 2 heterocycles. The number of nitrogens with one attached hydrogen (secondary N) is 1. The van der Waals surface area contributed by atoms with Crippen molar-refractivity contribution in [3.05, 3.63) is 54.1 Å². The maximum Gasteiger partial charge on any atom is 0.407 e. The zero-order valence-electron chi connectivity index (χ0n) is 27.2. The van der Waals surface area contributed by atoms with Crippen LogP contribution in [0.4, 0.5) is 4.79 Å². The van der Waals surface area contributed by atoms with E-state index >= 15 is 0 Å². The minimum Gasteiger partial charge on any atom is -0.486 e. The number of carbonyl (C=O) groups excluding carboxylic acids is 1. The van der Waals surface area contributed by atoms with E-state index in [0.717, 1.165) is 5.56 Å². The summed E-state index contributed by atoms with van der Waals surface area (Å²) in [4.78, 5) is 12.9. The molecule has 2 N–H and O–H groups in total. The lowest BCUT2D eigenvalue weighted by Gasteiger charge is -2.36. The van der Waals surface area contributed by atoms with E-state index in [1.54, 1.807) is 26.8 Å². The summed E-state index contributed by atoms with van der Waals surface area (Å²) in [6.07, 6.45) is -0.558. The van der Waals surface area contributed by atoms with Crippen LogP contribution in [0.25, 0.3) is 0 Å². The third kappa shape index (κ3) is 10.0. The van der Waals surface area contributed by atoms with Crippen molar-refractivity contribution in [2.24, 2.45) is 5.41 Å². The highest BCUT2D eigenvalue weighted by molar-refractivity contribution is 7.89. The SMILES string of the molecule is CC(C)(CCC1(C)OCCO1)CN(C[C@@H](O)[C@H](Cc1ccccc1)NC(=O)OC(C)(C)C)S(=O)(=O)c1ccc2c(c1)OCCO2. The number of benzene rings is 2. The van der Waals surface area contributed by atoms with E-state index in [0.29, 0.717) is 50.8 Å². The summed E-state index contributed by atoms with van der Waals surface area (Å²) in [6.45, 7) is 12.6. The molecular formula is C33H48N2O9S. The van der Waals surface area contributed by atoms with E-state index in [1.165, 1.54) is 16.4 Å². The zero-order chi connectivity index (χ0) is 32.9. The second kappa shape index (κ2) is 14.3. The quantitative estimate of drug-likeness (QED) is 0.322. The monoisotopic (exact) mass is 648 g/mol. The van der Waals surface area contributed by atoms with Crippen LogP contribution in [0.5, 0.6) is 11.5 Å². The van der Waals surface area contributed by atoms with Gasteiger partial charge in [0.1, 0.15) is 18.8 Å². The summed E-state index contributed by atoms with van der Waals surface area (Å²) < 4.78 is 58.2. The highest BCUT2D eigenvalue weighted by atomic mass is 32.2. The van der Waals surface area contributed by atoms with Crippen molar-refractivity contribution in [1.29, 1.82) is 0 Å². The van der Waals surface area contributed by atoms with Crippen molar-refractivity contribution in [1.82, 2.24) is 9.62 Å². The first-order valence-electron chi connectivity index (χ1n) is 15.4. The van der Waals surface area contributed by atoms with E-state index < -0.39 is 45.1 Å². The topological polar surface area (TPSA) is 133 Å². The first-order valence-corrected chi connectivity index (χ1v) is 16.9. The van der Waals surface area contributed by atoms with Crippen molar-refractivity contribution in [2.75, 3.05) is 39.5 Å². The fourth-order valence-electron chi connectivity index (χ4n) is 5.35. The molecule has 2 atom stereocenters. The Morgan fingerprint density at radius 1 is 1.00 bits per heavy atom. The number of alkyl carbamates (subject to hydrolysis) is 1. The summed E-state index contributed by atoms with van der Waals surface area (Å²) in [5, 5.41) is 14.5. The Labute approximate surface area is 267 Å². The lowest BCUT2D eigenvalue weighted by Crippen LogP contribution is -2.52. The molecule has 4 rings (SSSR count). The van der Waals surface area contributed by atoms with E-state index in [9.17, 15) is 18.3 Å². The summed E-state index contributed by atoms with van der Waals surface area (Å²) in [5.41, 5.74) is -0.427. The molecule has 0 unspecified atom stereocenters. The molecule has 2 aromatic rings. The van der Waals surface area contributed by atoms with Crippen LogP contribution >= 0.6 is 0 Å². The molecule has 12 heteroatoms. The third-order valence-electron chi connectivity index (χ3n) is 7.77. The van der Waals surface area contributed by atoms with E-state index in [-0.39, 0.29) is 24.4 Å². The van der Waals surface area contributed by atoms with Gasteiger partial charge in [0.25, 0.3) is 0 Å². The molecule has 1 fully saturated rings. The molecule has 0 aromatic heterocycles. The Morgan fingerprint density at radius 2 is 1.64 bits per heavy atom. The molecule has 0 bridgehead atoms. The van der Waals surface area contributed by atoms with Crippen LogP contribution in [0.15, 0.2) is 53.4 Å². The van der Waals surface area contributed by atoms with Gasteiger partial charge in [0, 0.05) is 25.6 Å². The molecule has 0 saturated carbocycles. The summed E-state index contributed by atoms with van der Waals surface area (Å²) in [7, 11) is -4.15. The van der Waals surface area contributed by atoms with Crippen LogP contribution < -0.4 is 14.8 Å². The molecular weight excluding hydrogens is 600 g/mol. The molecule has 11 nitrogen and oxygen atoms in total. The van der Waals surface area contributed by atoms with E-state index in [2.05, 4.69) is 5.32 Å². The second-order valence-corrected chi connectivity index (χ2v) is 15.5. The molecule has 2 aromatic carbocycles. The average molecular weight is 649 g/mol. The zero-order valence-corrected chi connectivity index (χ0v) is 28.0. The lowest BCUT2D eigenvalue weighted by molar-refractivity contribution is -0.151. The first kappa shape index (κ1) is 35.0. The number of fused-ring (bicyclic) bond motifs is 1. The van der Waals surface area contributed by atoms with E-state index in [1.807, 2.05) is 51.1 Å². The highest BCUT2D eigenvalue weighted by Gasteiger charge is 2.38. The molecule has 0 radical (unpaired) electrons. The largest absolute Gasteiger partial charge is 0.486 e. The van der Waals surface area contributed by atoms with Crippen molar-refractivity contribution in [3.63, 3.8) is 0 Å². The number of rotatable bonds is 13. The van der Waals surface area contributed by atoms with Gasteiger partial charge < -0.3 is 34.1 Å². The van der Waals surface area contributed by atoms with Crippen LogP contribution in [0.1, 0.15) is 59.9 Å². The third-order valence-corrected chi connectivity index (χ3v) is 9.57. The van der Waals surface area contributed by atoms with Gasteiger partial charge in [-0.1, -0.05) is 44.2 Å². The predicted molar refractivity (Wildman–Crippen MR) is 169 cm³/mol. The van der Waals surface area contributed by atoms with Gasteiger partial charge in [0.15, 0.2) is 17.3 Å². The number of ether oxygens (including phenoxy) is 5. The Kier molecular flexibility index (Phi) is 11.1. The van der Waals surface area contributed by atoms with Crippen LogP contribution in [0, 0.1) is 5.41 Å². The van der Waals surface area contributed by atoms with Gasteiger partial charge in [-0.15, -0.1) is 0 Å². The molecule has 2 aliphatic rings. The second-order valence-electron chi connectivity index (χ2n) is 13.6. The average Bonchev–Trinajstić information content (AvgIpc) is 3.41. The maximum atomic E-state index is 14.3. The smallest absolute Gasteiger partial charge is 0.407 e. The summed E-state index contributed by atoms with van der Waals surface area (Å²) >= 11 is 0. The number of sulfonamides is 1. The Morgan fingerprint density at radius 3 is 2.29 bits per heavy atom. The van der Waals surface area contributed by atoms with Crippen molar-refractivity contribution >= 4 is 16.1 Å². The Hall–Kier alpha value is -2.90. The van der Waals surface area contributed by atoms with Crippen LogP contribution in [-0.4, -0.2) is 87.0 Å². The number of hydrogen-bond donors (Lipinski definition) is 2.